The van der Waals surface area contributed by atoms with Crippen LogP contribution >= 0.6 is 0 Å². The fourth-order valence-corrected chi connectivity index (χ4v) is 2.79. The van der Waals surface area contributed by atoms with E-state index in [9.17, 15) is 4.79 Å². The summed E-state index contributed by atoms with van der Waals surface area (Å²) in [6.07, 6.45) is 1.43. The van der Waals surface area contributed by atoms with Gasteiger partial charge in [0, 0.05) is 44.0 Å². The molecule has 8 nitrogen and oxygen atoms in total. The molecule has 0 spiro atoms. The highest BCUT2D eigenvalue weighted by atomic mass is 16.5. The zero-order chi connectivity index (χ0) is 18.5. The van der Waals surface area contributed by atoms with Crippen LogP contribution in [0.5, 0.6) is 11.5 Å². The highest BCUT2D eigenvalue weighted by Gasteiger charge is 2.17. The van der Waals surface area contributed by atoms with Gasteiger partial charge in [-0.2, -0.15) is 0 Å². The maximum absolute atomic E-state index is 12.6. The van der Waals surface area contributed by atoms with E-state index in [0.29, 0.717) is 22.9 Å². The van der Waals surface area contributed by atoms with Gasteiger partial charge in [0.05, 0.1) is 14.2 Å². The molecule has 1 aromatic heterocycles. The van der Waals surface area contributed by atoms with Crippen molar-refractivity contribution in [2.45, 2.75) is 0 Å². The van der Waals surface area contributed by atoms with Crippen LogP contribution in [0, 0.1) is 0 Å². The Balaban J connectivity index is 1.73. The molecule has 0 bridgehead atoms. The lowest BCUT2D eigenvalue weighted by molar-refractivity contribution is 0.102. The third-order valence-corrected chi connectivity index (χ3v) is 4.35. The number of anilines is 2. The number of aromatic nitrogens is 2. The van der Waals surface area contributed by atoms with Gasteiger partial charge in [0.1, 0.15) is 17.8 Å². The Labute approximate surface area is 152 Å². The molecule has 1 amide bonds. The monoisotopic (exact) mass is 357 g/mol. The number of carbonyl (C=O) groups is 1. The van der Waals surface area contributed by atoms with Gasteiger partial charge in [-0.05, 0) is 19.2 Å². The number of methoxy groups -OCH3 is 2. The number of benzene rings is 1. The molecule has 1 aliphatic rings. The summed E-state index contributed by atoms with van der Waals surface area (Å²) in [5, 5.41) is 2.83. The van der Waals surface area contributed by atoms with Crippen LogP contribution in [0.4, 0.5) is 11.5 Å². The van der Waals surface area contributed by atoms with E-state index in [1.807, 2.05) is 0 Å². The Morgan fingerprint density at radius 3 is 2.46 bits per heavy atom. The van der Waals surface area contributed by atoms with Crippen LogP contribution in [0.2, 0.25) is 0 Å². The molecule has 0 atom stereocenters. The smallest absolute Gasteiger partial charge is 0.274 e. The van der Waals surface area contributed by atoms with E-state index in [1.54, 1.807) is 38.5 Å². The van der Waals surface area contributed by atoms with Crippen molar-refractivity contribution in [2.24, 2.45) is 0 Å². The number of nitrogens with zero attached hydrogens (tertiary/aromatic N) is 4. The van der Waals surface area contributed by atoms with Gasteiger partial charge < -0.3 is 24.6 Å². The molecule has 2 aromatic rings. The molecular weight excluding hydrogens is 334 g/mol. The van der Waals surface area contributed by atoms with E-state index in [1.165, 1.54) is 6.33 Å². The molecule has 0 saturated carbocycles. The number of hydrogen-bond donors (Lipinski definition) is 1. The summed E-state index contributed by atoms with van der Waals surface area (Å²) in [4.78, 5) is 25.4. The second-order valence-electron chi connectivity index (χ2n) is 6.08. The van der Waals surface area contributed by atoms with Crippen LogP contribution < -0.4 is 19.7 Å². The number of amides is 1. The van der Waals surface area contributed by atoms with Gasteiger partial charge in [-0.15, -0.1) is 0 Å². The Kier molecular flexibility index (Phi) is 5.52. The number of carbonyl (C=O) groups excluding carboxylic acids is 1. The lowest BCUT2D eigenvalue weighted by Gasteiger charge is -2.33. The average molecular weight is 357 g/mol. The SMILES string of the molecule is COc1ccc(NC(=O)c2cc(N3CCN(C)CC3)ncn2)cc1OC. The van der Waals surface area contributed by atoms with E-state index in [-0.39, 0.29) is 5.91 Å². The largest absolute Gasteiger partial charge is 0.493 e. The summed E-state index contributed by atoms with van der Waals surface area (Å²) in [6, 6.07) is 6.92. The Bertz CT molecular complexity index is 775. The van der Waals surface area contributed by atoms with Crippen molar-refractivity contribution in [3.8, 4) is 11.5 Å². The number of rotatable bonds is 5. The van der Waals surface area contributed by atoms with E-state index >= 15 is 0 Å². The summed E-state index contributed by atoms with van der Waals surface area (Å²) in [6.45, 7) is 3.70. The molecular formula is C18H23N5O3. The first-order valence-corrected chi connectivity index (χ1v) is 8.39. The maximum atomic E-state index is 12.6. The van der Waals surface area contributed by atoms with E-state index in [4.69, 9.17) is 9.47 Å². The highest BCUT2D eigenvalue weighted by Crippen LogP contribution is 2.29. The summed E-state index contributed by atoms with van der Waals surface area (Å²) in [5.74, 6) is 1.62. The van der Waals surface area contributed by atoms with Crippen LogP contribution in [0.3, 0.4) is 0 Å². The Morgan fingerprint density at radius 2 is 1.77 bits per heavy atom. The first-order chi connectivity index (χ1) is 12.6. The molecule has 1 N–H and O–H groups in total. The van der Waals surface area contributed by atoms with Gasteiger partial charge in [0.15, 0.2) is 11.5 Å². The number of ether oxygens (including phenoxy) is 2. The van der Waals surface area contributed by atoms with Gasteiger partial charge in [-0.3, -0.25) is 4.79 Å². The fourth-order valence-electron chi connectivity index (χ4n) is 2.79. The summed E-state index contributed by atoms with van der Waals surface area (Å²) in [5.41, 5.74) is 0.927. The van der Waals surface area contributed by atoms with Gasteiger partial charge in [-0.1, -0.05) is 0 Å². The predicted octanol–water partition coefficient (Wildman–Crippen LogP) is 1.50. The predicted molar refractivity (Wildman–Crippen MR) is 99.2 cm³/mol. The molecule has 26 heavy (non-hydrogen) atoms. The second kappa shape index (κ2) is 8.01. The maximum Gasteiger partial charge on any atom is 0.274 e. The molecule has 1 aromatic carbocycles. The number of nitrogens with one attached hydrogen (secondary N) is 1. The number of piperazine rings is 1. The second-order valence-corrected chi connectivity index (χ2v) is 6.08. The summed E-state index contributed by atoms with van der Waals surface area (Å²) in [7, 11) is 5.21. The zero-order valence-electron chi connectivity index (χ0n) is 15.2. The first-order valence-electron chi connectivity index (χ1n) is 8.39. The lowest BCUT2D eigenvalue weighted by atomic mass is 10.2. The van der Waals surface area contributed by atoms with Crippen molar-refractivity contribution in [3.05, 3.63) is 36.3 Å². The van der Waals surface area contributed by atoms with Crippen LogP contribution in [-0.4, -0.2) is 68.2 Å². The molecule has 138 valence electrons. The van der Waals surface area contributed by atoms with Crippen molar-refractivity contribution < 1.29 is 14.3 Å². The molecule has 1 fully saturated rings. The van der Waals surface area contributed by atoms with E-state index in [2.05, 4.69) is 32.1 Å². The minimum Gasteiger partial charge on any atom is -0.493 e. The van der Waals surface area contributed by atoms with E-state index in [0.717, 1.165) is 32.0 Å². The highest BCUT2D eigenvalue weighted by molar-refractivity contribution is 6.03. The zero-order valence-corrected chi connectivity index (χ0v) is 15.2. The molecule has 0 unspecified atom stereocenters. The van der Waals surface area contributed by atoms with Crippen molar-refractivity contribution in [1.29, 1.82) is 0 Å². The third kappa shape index (κ3) is 4.02. The van der Waals surface area contributed by atoms with E-state index < -0.39 is 0 Å². The minimum atomic E-state index is -0.296. The topological polar surface area (TPSA) is 79.8 Å². The number of likely N-dealkylation sites (N-methyl/N-ethyl adjacent to an activating group) is 1. The van der Waals surface area contributed by atoms with Gasteiger partial charge >= 0.3 is 0 Å². The van der Waals surface area contributed by atoms with Gasteiger partial charge in [-0.25, -0.2) is 9.97 Å². The third-order valence-electron chi connectivity index (χ3n) is 4.35. The molecule has 8 heteroatoms. The van der Waals surface area contributed by atoms with Crippen molar-refractivity contribution in [1.82, 2.24) is 14.9 Å². The van der Waals surface area contributed by atoms with Crippen molar-refractivity contribution in [2.75, 3.05) is 57.7 Å². The molecule has 0 radical (unpaired) electrons. The molecule has 1 aliphatic heterocycles. The van der Waals surface area contributed by atoms with Crippen molar-refractivity contribution in [3.63, 3.8) is 0 Å². The minimum absolute atomic E-state index is 0.296. The van der Waals surface area contributed by atoms with Crippen LogP contribution in [-0.2, 0) is 0 Å². The molecule has 2 heterocycles. The van der Waals surface area contributed by atoms with Gasteiger partial charge in [0.25, 0.3) is 5.91 Å². The lowest BCUT2D eigenvalue weighted by Crippen LogP contribution is -2.44. The quantitative estimate of drug-likeness (QED) is 0.868. The normalized spacial score (nSPS) is 14.8. The average Bonchev–Trinajstić information content (AvgIpc) is 2.68. The Morgan fingerprint density at radius 1 is 1.04 bits per heavy atom. The van der Waals surface area contributed by atoms with Crippen LogP contribution in [0.25, 0.3) is 0 Å². The molecule has 1 saturated heterocycles. The van der Waals surface area contributed by atoms with Gasteiger partial charge in [0.2, 0.25) is 0 Å². The Hall–Kier alpha value is -2.87. The molecule has 0 aliphatic carbocycles. The van der Waals surface area contributed by atoms with Crippen molar-refractivity contribution >= 4 is 17.4 Å². The van der Waals surface area contributed by atoms with Crippen LogP contribution in [0.1, 0.15) is 10.5 Å². The summed E-state index contributed by atoms with van der Waals surface area (Å²) < 4.78 is 10.5. The summed E-state index contributed by atoms with van der Waals surface area (Å²) >= 11 is 0. The van der Waals surface area contributed by atoms with Crippen LogP contribution in [0.15, 0.2) is 30.6 Å². The standard InChI is InChI=1S/C18H23N5O3/c1-22-6-8-23(9-7-22)17-11-14(19-12-20-17)18(24)21-13-4-5-15(25-2)16(10-13)26-3/h4-5,10-12H,6-9H2,1-3H3,(H,21,24). The number of hydrogen-bond acceptors (Lipinski definition) is 7. The fraction of sp³-hybridized carbons (Fsp3) is 0.389. The first kappa shape index (κ1) is 17.9. The molecule has 3 rings (SSSR count).